The first-order valence-corrected chi connectivity index (χ1v) is 8.20. The largest absolute Gasteiger partial charge is 0.353 e. The van der Waals surface area contributed by atoms with E-state index >= 15 is 0 Å². The lowest BCUT2D eigenvalue weighted by atomic mass is 9.84. The summed E-state index contributed by atoms with van der Waals surface area (Å²) in [6, 6.07) is 11.0. The van der Waals surface area contributed by atoms with Crippen molar-refractivity contribution in [3.63, 3.8) is 0 Å². The van der Waals surface area contributed by atoms with Crippen LogP contribution in [0.5, 0.6) is 0 Å². The van der Waals surface area contributed by atoms with Crippen LogP contribution in [-0.4, -0.2) is 24.5 Å². The molecule has 0 spiro atoms. The number of nitrogens with one attached hydrogen (secondary N) is 2. The van der Waals surface area contributed by atoms with Crippen LogP contribution in [0, 0.1) is 5.92 Å². The monoisotopic (exact) mass is 288 g/mol. The molecule has 3 heteroatoms. The Morgan fingerprint density at radius 1 is 1.38 bits per heavy atom. The second kappa shape index (κ2) is 7.60. The summed E-state index contributed by atoms with van der Waals surface area (Å²) in [5, 5.41) is 6.71. The Kier molecular flexibility index (Phi) is 5.80. The highest BCUT2D eigenvalue weighted by atomic mass is 16.2. The highest BCUT2D eigenvalue weighted by molar-refractivity contribution is 5.84. The van der Waals surface area contributed by atoms with Gasteiger partial charge in [0.15, 0.2) is 0 Å². The molecule has 0 aliphatic carbocycles. The first kappa shape index (κ1) is 16.0. The Hall–Kier alpha value is -1.35. The van der Waals surface area contributed by atoms with Crippen LogP contribution in [0.1, 0.15) is 51.5 Å². The number of hydrogen-bond acceptors (Lipinski definition) is 2. The van der Waals surface area contributed by atoms with E-state index in [0.29, 0.717) is 18.0 Å². The molecule has 21 heavy (non-hydrogen) atoms. The average Bonchev–Trinajstić information content (AvgIpc) is 2.48. The van der Waals surface area contributed by atoms with E-state index in [2.05, 4.69) is 43.5 Å². The van der Waals surface area contributed by atoms with Gasteiger partial charge in [-0.05, 0) is 37.8 Å². The minimum atomic E-state index is -0.0404. The molecule has 4 unspecified atom stereocenters. The minimum Gasteiger partial charge on any atom is -0.353 e. The van der Waals surface area contributed by atoms with E-state index in [0.717, 1.165) is 31.4 Å². The van der Waals surface area contributed by atoms with E-state index < -0.39 is 0 Å². The lowest BCUT2D eigenvalue weighted by Crippen LogP contribution is -2.48. The summed E-state index contributed by atoms with van der Waals surface area (Å²) in [5.74, 6) is 0.502. The fourth-order valence-electron chi connectivity index (χ4n) is 3.19. The van der Waals surface area contributed by atoms with Crippen LogP contribution >= 0.6 is 0 Å². The second-order valence-corrected chi connectivity index (χ2v) is 6.36. The smallest absolute Gasteiger partial charge is 0.228 e. The van der Waals surface area contributed by atoms with Gasteiger partial charge >= 0.3 is 0 Å². The summed E-state index contributed by atoms with van der Waals surface area (Å²) >= 11 is 0. The van der Waals surface area contributed by atoms with Crippen LogP contribution in [0.3, 0.4) is 0 Å². The van der Waals surface area contributed by atoms with Crippen molar-refractivity contribution in [1.82, 2.24) is 10.6 Å². The van der Waals surface area contributed by atoms with Gasteiger partial charge in [-0.15, -0.1) is 0 Å². The molecule has 0 bridgehead atoms. The third-order valence-electron chi connectivity index (χ3n) is 4.62. The van der Waals surface area contributed by atoms with Crippen molar-refractivity contribution in [3.05, 3.63) is 35.9 Å². The molecule has 2 rings (SSSR count). The van der Waals surface area contributed by atoms with E-state index in [4.69, 9.17) is 0 Å². The van der Waals surface area contributed by atoms with Crippen molar-refractivity contribution in [1.29, 1.82) is 0 Å². The molecule has 1 aromatic rings. The number of piperidine rings is 1. The van der Waals surface area contributed by atoms with Crippen LogP contribution < -0.4 is 10.6 Å². The zero-order chi connectivity index (χ0) is 15.2. The lowest BCUT2D eigenvalue weighted by molar-refractivity contribution is -0.124. The molecule has 1 amide bonds. The quantitative estimate of drug-likeness (QED) is 0.874. The van der Waals surface area contributed by atoms with Gasteiger partial charge in [-0.25, -0.2) is 0 Å². The predicted molar refractivity (Wildman–Crippen MR) is 87.3 cm³/mol. The summed E-state index contributed by atoms with van der Waals surface area (Å²) in [7, 11) is 0. The van der Waals surface area contributed by atoms with Crippen molar-refractivity contribution >= 4 is 5.91 Å². The maximum absolute atomic E-state index is 12.8. The lowest BCUT2D eigenvalue weighted by Gasteiger charge is -2.31. The van der Waals surface area contributed by atoms with Gasteiger partial charge < -0.3 is 10.6 Å². The topological polar surface area (TPSA) is 41.1 Å². The van der Waals surface area contributed by atoms with Gasteiger partial charge in [0.25, 0.3) is 0 Å². The van der Waals surface area contributed by atoms with Gasteiger partial charge in [-0.3, -0.25) is 4.79 Å². The molecule has 1 aliphatic heterocycles. The fourth-order valence-corrected chi connectivity index (χ4v) is 3.19. The van der Waals surface area contributed by atoms with E-state index in [-0.39, 0.29) is 11.8 Å². The molecule has 116 valence electrons. The van der Waals surface area contributed by atoms with Crippen LogP contribution in [0.4, 0.5) is 0 Å². The van der Waals surface area contributed by atoms with E-state index in [9.17, 15) is 4.79 Å². The van der Waals surface area contributed by atoms with Crippen molar-refractivity contribution in [3.8, 4) is 0 Å². The number of benzene rings is 1. The van der Waals surface area contributed by atoms with Gasteiger partial charge in [0.2, 0.25) is 5.91 Å². The molecule has 0 radical (unpaired) electrons. The van der Waals surface area contributed by atoms with Gasteiger partial charge in [-0.2, -0.15) is 0 Å². The van der Waals surface area contributed by atoms with Gasteiger partial charge in [0, 0.05) is 12.1 Å². The summed E-state index contributed by atoms with van der Waals surface area (Å²) in [6.07, 6.45) is 3.06. The maximum atomic E-state index is 12.8. The minimum absolute atomic E-state index is 0.0404. The molecule has 0 aromatic heterocycles. The Labute approximate surface area is 128 Å². The first-order chi connectivity index (χ1) is 10.1. The van der Waals surface area contributed by atoms with Gasteiger partial charge in [0.1, 0.15) is 0 Å². The Morgan fingerprint density at radius 2 is 2.10 bits per heavy atom. The fraction of sp³-hybridized carbons (Fsp3) is 0.611. The first-order valence-electron chi connectivity index (χ1n) is 8.20. The number of amides is 1. The predicted octanol–water partition coefficient (Wildman–Crippen LogP) is 3.07. The summed E-state index contributed by atoms with van der Waals surface area (Å²) < 4.78 is 0. The van der Waals surface area contributed by atoms with Crippen molar-refractivity contribution < 1.29 is 4.79 Å². The van der Waals surface area contributed by atoms with Crippen LogP contribution in [0.15, 0.2) is 30.3 Å². The second-order valence-electron chi connectivity index (χ2n) is 6.36. The summed E-state index contributed by atoms with van der Waals surface area (Å²) in [5.41, 5.74) is 1.13. The van der Waals surface area contributed by atoms with Crippen LogP contribution in [-0.2, 0) is 4.79 Å². The number of rotatable bonds is 5. The molecule has 1 heterocycles. The van der Waals surface area contributed by atoms with E-state index in [1.807, 2.05) is 18.2 Å². The molecule has 4 atom stereocenters. The highest BCUT2D eigenvalue weighted by Gasteiger charge is 2.28. The third-order valence-corrected chi connectivity index (χ3v) is 4.62. The third kappa shape index (κ3) is 4.31. The molecular weight excluding hydrogens is 260 g/mol. The Morgan fingerprint density at radius 3 is 2.71 bits per heavy atom. The zero-order valence-electron chi connectivity index (χ0n) is 13.4. The SMILES string of the molecule is CCC(C)C(C(=O)NC1CCNC(C)C1)c1ccccc1. The zero-order valence-corrected chi connectivity index (χ0v) is 13.4. The van der Waals surface area contributed by atoms with Crippen LogP contribution in [0.2, 0.25) is 0 Å². The number of carbonyl (C=O) groups excluding carboxylic acids is 1. The van der Waals surface area contributed by atoms with Crippen molar-refractivity contribution in [2.45, 2.75) is 58.0 Å². The summed E-state index contributed by atoms with van der Waals surface area (Å²) in [4.78, 5) is 12.8. The molecule has 0 saturated carbocycles. The van der Waals surface area contributed by atoms with Crippen LogP contribution in [0.25, 0.3) is 0 Å². The molecule has 1 fully saturated rings. The maximum Gasteiger partial charge on any atom is 0.228 e. The number of carbonyl (C=O) groups is 1. The Bertz CT molecular complexity index is 446. The van der Waals surface area contributed by atoms with E-state index in [1.165, 1.54) is 0 Å². The molecule has 1 aromatic carbocycles. The van der Waals surface area contributed by atoms with Crippen molar-refractivity contribution in [2.24, 2.45) is 5.92 Å². The normalized spacial score (nSPS) is 25.1. The molecule has 1 aliphatic rings. The molecule has 1 saturated heterocycles. The summed E-state index contributed by atoms with van der Waals surface area (Å²) in [6.45, 7) is 7.50. The molecule has 3 nitrogen and oxygen atoms in total. The van der Waals surface area contributed by atoms with Gasteiger partial charge in [-0.1, -0.05) is 50.6 Å². The van der Waals surface area contributed by atoms with E-state index in [1.54, 1.807) is 0 Å². The highest BCUT2D eigenvalue weighted by Crippen LogP contribution is 2.27. The molecular formula is C18H28N2O. The van der Waals surface area contributed by atoms with Crippen molar-refractivity contribution in [2.75, 3.05) is 6.54 Å². The van der Waals surface area contributed by atoms with Gasteiger partial charge in [0.05, 0.1) is 5.92 Å². The number of hydrogen-bond donors (Lipinski definition) is 2. The average molecular weight is 288 g/mol. The molecule has 2 N–H and O–H groups in total. The Balaban J connectivity index is 2.08. The standard InChI is InChI=1S/C18H28N2O/c1-4-13(2)17(15-8-6-5-7-9-15)18(21)20-16-10-11-19-14(3)12-16/h5-9,13-14,16-17,19H,4,10-12H2,1-3H3,(H,20,21).